The Morgan fingerprint density at radius 3 is 2.10 bits per heavy atom. The van der Waals surface area contributed by atoms with Crippen LogP contribution in [0.3, 0.4) is 0 Å². The minimum Gasteiger partial charge on any atom is -0.378 e. The second-order valence-corrected chi connectivity index (χ2v) is 7.54. The van der Waals surface area contributed by atoms with Gasteiger partial charge in [-0.05, 0) is 29.8 Å². The molecule has 2 aromatic rings. The fourth-order valence-electron chi connectivity index (χ4n) is 2.13. The molecular weight excluding hydrogens is 285 g/mol. The van der Waals surface area contributed by atoms with E-state index in [2.05, 4.69) is 0 Å². The summed E-state index contributed by atoms with van der Waals surface area (Å²) in [6.45, 7) is 0. The van der Waals surface area contributed by atoms with Crippen LogP contribution in [0.1, 0.15) is 11.4 Å². The van der Waals surface area contributed by atoms with Crippen LogP contribution in [0.5, 0.6) is 0 Å². The lowest BCUT2D eigenvalue weighted by atomic mass is 10.2. The van der Waals surface area contributed by atoms with Gasteiger partial charge in [-0.2, -0.15) is 0 Å². The van der Waals surface area contributed by atoms with E-state index in [1.807, 2.05) is 37.2 Å². The van der Waals surface area contributed by atoms with E-state index in [4.69, 9.17) is 4.52 Å². The predicted molar refractivity (Wildman–Crippen MR) is 86.4 cm³/mol. The highest BCUT2D eigenvalue weighted by atomic mass is 31.2. The largest absolute Gasteiger partial charge is 0.378 e. The lowest BCUT2D eigenvalue weighted by Crippen LogP contribution is -2.15. The molecule has 0 aliphatic carbocycles. The van der Waals surface area contributed by atoms with Gasteiger partial charge in [-0.25, -0.2) is 0 Å². The monoisotopic (exact) mass is 305 g/mol. The van der Waals surface area contributed by atoms with Crippen LogP contribution in [0.2, 0.25) is 0 Å². The van der Waals surface area contributed by atoms with Crippen molar-refractivity contribution in [3.05, 3.63) is 60.2 Å². The van der Waals surface area contributed by atoms with Crippen molar-refractivity contribution in [2.45, 2.75) is 5.85 Å². The van der Waals surface area contributed by atoms with E-state index in [0.717, 1.165) is 5.69 Å². The highest BCUT2D eigenvalue weighted by Gasteiger charge is 2.35. The standard InChI is InChI=1S/C16H20NO3P/c1-17(2)14-9-11-15(12-10-14)21(19,20-3)16(18)13-7-5-4-6-8-13/h4-12,16,18H,1-3H3/t16-,21+/m1/s1. The van der Waals surface area contributed by atoms with Crippen molar-refractivity contribution < 1.29 is 14.2 Å². The van der Waals surface area contributed by atoms with Crippen molar-refractivity contribution >= 4 is 18.4 Å². The van der Waals surface area contributed by atoms with Gasteiger partial charge in [-0.1, -0.05) is 30.3 Å². The van der Waals surface area contributed by atoms with E-state index in [0.29, 0.717) is 10.9 Å². The molecule has 2 aromatic carbocycles. The van der Waals surface area contributed by atoms with Crippen LogP contribution in [0.15, 0.2) is 54.6 Å². The molecule has 0 saturated heterocycles. The molecule has 0 radical (unpaired) electrons. The molecule has 0 bridgehead atoms. The Bertz CT molecular complexity index is 626. The van der Waals surface area contributed by atoms with E-state index in [-0.39, 0.29) is 0 Å². The molecule has 0 amide bonds. The summed E-state index contributed by atoms with van der Waals surface area (Å²) in [6, 6.07) is 16.1. The molecule has 2 atom stereocenters. The molecule has 0 aromatic heterocycles. The lowest BCUT2D eigenvalue weighted by molar-refractivity contribution is 0.229. The molecule has 21 heavy (non-hydrogen) atoms. The lowest BCUT2D eigenvalue weighted by Gasteiger charge is -2.23. The van der Waals surface area contributed by atoms with E-state index in [9.17, 15) is 9.67 Å². The highest BCUT2D eigenvalue weighted by Crippen LogP contribution is 2.56. The molecule has 4 nitrogen and oxygen atoms in total. The number of benzene rings is 2. The Hall–Kier alpha value is -1.61. The number of aliphatic hydroxyl groups is 1. The first-order valence-electron chi connectivity index (χ1n) is 6.65. The highest BCUT2D eigenvalue weighted by molar-refractivity contribution is 7.67. The molecular formula is C16H20NO3P. The summed E-state index contributed by atoms with van der Waals surface area (Å²) >= 11 is 0. The van der Waals surface area contributed by atoms with Crippen LogP contribution >= 0.6 is 7.37 Å². The van der Waals surface area contributed by atoms with Crippen LogP contribution in [-0.4, -0.2) is 26.3 Å². The maximum Gasteiger partial charge on any atom is 0.263 e. The van der Waals surface area contributed by atoms with Crippen molar-refractivity contribution in [1.82, 2.24) is 0 Å². The molecule has 0 unspecified atom stereocenters. The first-order valence-corrected chi connectivity index (χ1v) is 8.35. The minimum atomic E-state index is -3.38. The van der Waals surface area contributed by atoms with Gasteiger partial charge in [0, 0.05) is 32.2 Å². The summed E-state index contributed by atoms with van der Waals surface area (Å²) < 4.78 is 18.3. The second-order valence-electron chi connectivity index (χ2n) is 4.97. The Morgan fingerprint density at radius 2 is 1.62 bits per heavy atom. The fraction of sp³-hybridized carbons (Fsp3) is 0.250. The normalized spacial score (nSPS) is 15.2. The van der Waals surface area contributed by atoms with E-state index in [1.54, 1.807) is 36.4 Å². The summed E-state index contributed by atoms with van der Waals surface area (Å²) in [5.41, 5.74) is 1.58. The average Bonchev–Trinajstić information content (AvgIpc) is 2.54. The van der Waals surface area contributed by atoms with Gasteiger partial charge in [0.25, 0.3) is 7.37 Å². The van der Waals surface area contributed by atoms with Crippen molar-refractivity contribution in [3.63, 3.8) is 0 Å². The summed E-state index contributed by atoms with van der Waals surface area (Å²) in [5.74, 6) is -1.17. The Balaban J connectivity index is 2.39. The first kappa shape index (κ1) is 15.8. The van der Waals surface area contributed by atoms with Gasteiger partial charge in [0.05, 0.1) is 0 Å². The number of hydrogen-bond donors (Lipinski definition) is 1. The smallest absolute Gasteiger partial charge is 0.263 e. The molecule has 5 heteroatoms. The SMILES string of the molecule is CO[P@@](=O)(c1ccc(N(C)C)cc1)[C@@H](O)c1ccccc1. The summed E-state index contributed by atoms with van der Waals surface area (Å²) in [7, 11) is 1.86. The van der Waals surface area contributed by atoms with Crippen LogP contribution in [0, 0.1) is 0 Å². The maximum absolute atomic E-state index is 13.1. The fourth-order valence-corrected chi connectivity index (χ4v) is 3.95. The molecule has 1 N–H and O–H groups in total. The van der Waals surface area contributed by atoms with Crippen molar-refractivity contribution in [3.8, 4) is 0 Å². The molecule has 0 heterocycles. The van der Waals surface area contributed by atoms with Gasteiger partial charge in [-0.15, -0.1) is 0 Å². The van der Waals surface area contributed by atoms with Gasteiger partial charge >= 0.3 is 0 Å². The first-order chi connectivity index (χ1) is 9.99. The number of rotatable bonds is 5. The number of aliphatic hydroxyl groups excluding tert-OH is 1. The topological polar surface area (TPSA) is 49.8 Å². The Morgan fingerprint density at radius 1 is 1.05 bits per heavy atom. The van der Waals surface area contributed by atoms with Crippen LogP contribution in [0.4, 0.5) is 5.69 Å². The number of nitrogens with zero attached hydrogens (tertiary/aromatic N) is 1. The Labute approximate surface area is 125 Å². The molecule has 2 rings (SSSR count). The quantitative estimate of drug-likeness (QED) is 0.863. The molecule has 0 aliphatic heterocycles. The third-order valence-corrected chi connectivity index (χ3v) is 5.92. The summed E-state index contributed by atoms with van der Waals surface area (Å²) in [6.07, 6.45) is 0. The average molecular weight is 305 g/mol. The molecule has 0 saturated carbocycles. The summed E-state index contributed by atoms with van der Waals surface area (Å²) in [4.78, 5) is 1.95. The van der Waals surface area contributed by atoms with Crippen LogP contribution in [-0.2, 0) is 9.09 Å². The minimum absolute atomic E-state index is 0.506. The van der Waals surface area contributed by atoms with E-state index < -0.39 is 13.2 Å². The van der Waals surface area contributed by atoms with Crippen LogP contribution in [0.25, 0.3) is 0 Å². The molecule has 112 valence electrons. The third-order valence-electron chi connectivity index (χ3n) is 3.42. The van der Waals surface area contributed by atoms with Gasteiger partial charge in [0.1, 0.15) is 0 Å². The van der Waals surface area contributed by atoms with Gasteiger partial charge in [-0.3, -0.25) is 4.57 Å². The molecule has 0 aliphatic rings. The van der Waals surface area contributed by atoms with Gasteiger partial charge in [0.2, 0.25) is 0 Å². The van der Waals surface area contributed by atoms with Crippen molar-refractivity contribution in [2.24, 2.45) is 0 Å². The predicted octanol–water partition coefficient (Wildman–Crippen LogP) is 2.99. The molecule has 0 spiro atoms. The van der Waals surface area contributed by atoms with Gasteiger partial charge < -0.3 is 14.5 Å². The van der Waals surface area contributed by atoms with Crippen LogP contribution < -0.4 is 10.2 Å². The zero-order valence-corrected chi connectivity index (χ0v) is 13.3. The number of anilines is 1. The van der Waals surface area contributed by atoms with Crippen molar-refractivity contribution in [2.75, 3.05) is 26.1 Å². The Kier molecular flexibility index (Phi) is 4.84. The van der Waals surface area contributed by atoms with E-state index in [1.165, 1.54) is 7.11 Å². The van der Waals surface area contributed by atoms with Gasteiger partial charge in [0.15, 0.2) is 5.85 Å². The zero-order chi connectivity index (χ0) is 15.5. The van der Waals surface area contributed by atoms with Crippen molar-refractivity contribution in [1.29, 1.82) is 0 Å². The maximum atomic E-state index is 13.1. The van der Waals surface area contributed by atoms with E-state index >= 15 is 0 Å². The number of hydrogen-bond acceptors (Lipinski definition) is 4. The zero-order valence-electron chi connectivity index (χ0n) is 12.4. The third kappa shape index (κ3) is 3.18. The molecule has 0 fully saturated rings. The summed E-state index contributed by atoms with van der Waals surface area (Å²) in [5, 5.41) is 11.0. The second kappa shape index (κ2) is 6.44.